The number of benzene rings is 2. The van der Waals surface area contributed by atoms with E-state index in [1.165, 1.54) is 34.8 Å². The number of aromatic nitrogens is 1. The van der Waals surface area contributed by atoms with Crippen LogP contribution in [0.3, 0.4) is 0 Å². The molecule has 0 saturated heterocycles. The summed E-state index contributed by atoms with van der Waals surface area (Å²) in [4.78, 5) is 17.8. The van der Waals surface area contributed by atoms with Gasteiger partial charge in [-0.1, -0.05) is 47.1 Å². The highest BCUT2D eigenvalue weighted by Gasteiger charge is 2.17. The van der Waals surface area contributed by atoms with Gasteiger partial charge < -0.3 is 4.57 Å². The quantitative estimate of drug-likeness (QED) is 0.432. The Morgan fingerprint density at radius 2 is 2.04 bits per heavy atom. The lowest BCUT2D eigenvalue weighted by Crippen LogP contribution is -2.16. The molecule has 0 aliphatic rings. The number of rotatable bonds is 2. The summed E-state index contributed by atoms with van der Waals surface area (Å²) in [5.41, 5.74) is 0.739. The van der Waals surface area contributed by atoms with E-state index >= 15 is 0 Å². The van der Waals surface area contributed by atoms with Crippen molar-refractivity contribution >= 4 is 60.5 Å². The fourth-order valence-electron chi connectivity index (χ4n) is 2.67. The van der Waals surface area contributed by atoms with Crippen LogP contribution in [-0.4, -0.2) is 10.5 Å². The zero-order valence-corrected chi connectivity index (χ0v) is 15.6. The molecule has 7 heteroatoms. The number of thiazole rings is 1. The normalized spacial score (nSPS) is 12.0. The van der Waals surface area contributed by atoms with Crippen LogP contribution in [0.2, 0.25) is 5.02 Å². The zero-order chi connectivity index (χ0) is 18.3. The largest absolute Gasteiger partial charge is 0.305 e. The minimum absolute atomic E-state index is 0.234. The first kappa shape index (κ1) is 17.0. The van der Waals surface area contributed by atoms with Crippen LogP contribution in [0.4, 0.5) is 4.39 Å². The van der Waals surface area contributed by atoms with Gasteiger partial charge in [-0.3, -0.25) is 4.79 Å². The average molecular weight is 401 g/mol. The number of hydrogen-bond donors (Lipinski definition) is 0. The van der Waals surface area contributed by atoms with Crippen LogP contribution in [0.15, 0.2) is 47.5 Å². The third-order valence-electron chi connectivity index (χ3n) is 3.82. The summed E-state index contributed by atoms with van der Waals surface area (Å²) < 4.78 is 16.8. The summed E-state index contributed by atoms with van der Waals surface area (Å²) in [5, 5.41) is 1.22. The van der Waals surface area contributed by atoms with Crippen LogP contribution in [-0.2, 0) is 6.54 Å². The molecule has 0 aliphatic heterocycles. The Morgan fingerprint density at radius 1 is 1.23 bits per heavy atom. The standard InChI is InChI=1S/C19H10ClFN2OS2/c1-2-9-23-13-8-7-11(21)10-15(13)26-19(23)22-18(24)17-16(20)12-5-3-4-6-14(12)25-17/h1,3-8,10H,9H2. The molecule has 2 aromatic heterocycles. The van der Waals surface area contributed by atoms with E-state index < -0.39 is 5.91 Å². The molecule has 0 atom stereocenters. The molecule has 0 radical (unpaired) electrons. The van der Waals surface area contributed by atoms with Gasteiger partial charge in [0.15, 0.2) is 4.80 Å². The van der Waals surface area contributed by atoms with Crippen molar-refractivity contribution in [2.75, 3.05) is 0 Å². The molecule has 4 aromatic rings. The van der Waals surface area contributed by atoms with Crippen LogP contribution in [0.1, 0.15) is 9.67 Å². The molecule has 0 bridgehead atoms. The van der Waals surface area contributed by atoms with Gasteiger partial charge in [-0.15, -0.1) is 17.8 Å². The molecule has 0 aliphatic carbocycles. The van der Waals surface area contributed by atoms with Crippen LogP contribution < -0.4 is 4.80 Å². The maximum Gasteiger partial charge on any atom is 0.291 e. The van der Waals surface area contributed by atoms with E-state index in [0.29, 0.717) is 19.4 Å². The van der Waals surface area contributed by atoms with Crippen molar-refractivity contribution in [2.45, 2.75) is 6.54 Å². The lowest BCUT2D eigenvalue weighted by Gasteiger charge is -1.99. The number of carbonyl (C=O) groups excluding carboxylic acids is 1. The first-order chi connectivity index (χ1) is 12.6. The number of hydrogen-bond acceptors (Lipinski definition) is 3. The Kier molecular flexibility index (Phi) is 4.37. The first-order valence-corrected chi connectivity index (χ1v) is 9.58. The minimum atomic E-state index is -0.436. The molecule has 2 heterocycles. The van der Waals surface area contributed by atoms with Gasteiger partial charge in [-0.25, -0.2) is 4.39 Å². The summed E-state index contributed by atoms with van der Waals surface area (Å²) >= 11 is 8.88. The molecule has 26 heavy (non-hydrogen) atoms. The maximum atomic E-state index is 13.5. The van der Waals surface area contributed by atoms with Gasteiger partial charge in [0.25, 0.3) is 5.91 Å². The van der Waals surface area contributed by atoms with Crippen molar-refractivity contribution in [2.24, 2.45) is 4.99 Å². The smallest absolute Gasteiger partial charge is 0.291 e. The summed E-state index contributed by atoms with van der Waals surface area (Å²) in [6, 6.07) is 11.9. The van der Waals surface area contributed by atoms with Gasteiger partial charge in [0, 0.05) is 10.1 Å². The lowest BCUT2D eigenvalue weighted by atomic mass is 10.2. The zero-order valence-electron chi connectivity index (χ0n) is 13.2. The van der Waals surface area contributed by atoms with E-state index in [1.54, 1.807) is 10.6 Å². The van der Waals surface area contributed by atoms with Crippen molar-refractivity contribution in [1.82, 2.24) is 4.57 Å². The summed E-state index contributed by atoms with van der Waals surface area (Å²) in [6.07, 6.45) is 5.44. The van der Waals surface area contributed by atoms with Crippen molar-refractivity contribution in [1.29, 1.82) is 0 Å². The molecule has 0 saturated carbocycles. The van der Waals surface area contributed by atoms with Gasteiger partial charge in [-0.2, -0.15) is 4.99 Å². The van der Waals surface area contributed by atoms with Crippen LogP contribution >= 0.6 is 34.3 Å². The number of fused-ring (bicyclic) bond motifs is 2. The van der Waals surface area contributed by atoms with Gasteiger partial charge in [0.05, 0.1) is 21.8 Å². The Bertz CT molecular complexity index is 1280. The number of thiophene rings is 1. The second kappa shape index (κ2) is 6.69. The SMILES string of the molecule is C#CCn1c(=NC(=O)c2sc3ccccc3c2Cl)sc2cc(F)ccc21. The monoisotopic (exact) mass is 400 g/mol. The third kappa shape index (κ3) is 2.84. The number of nitrogens with zero attached hydrogens (tertiary/aromatic N) is 2. The molecule has 1 amide bonds. The van der Waals surface area contributed by atoms with Gasteiger partial charge in [0.2, 0.25) is 0 Å². The fourth-order valence-corrected chi connectivity index (χ4v) is 5.11. The Balaban J connectivity index is 1.89. The predicted molar refractivity (Wildman–Crippen MR) is 105 cm³/mol. The third-order valence-corrected chi connectivity index (χ3v) is 6.53. The summed E-state index contributed by atoms with van der Waals surface area (Å²) in [5.74, 6) is 1.76. The van der Waals surface area contributed by atoms with Gasteiger partial charge >= 0.3 is 0 Å². The molecule has 0 fully saturated rings. The van der Waals surface area contributed by atoms with E-state index in [0.717, 1.165) is 15.6 Å². The fraction of sp³-hybridized carbons (Fsp3) is 0.0526. The van der Waals surface area contributed by atoms with Gasteiger partial charge in [0.1, 0.15) is 10.7 Å². The predicted octanol–water partition coefficient (Wildman–Crippen LogP) is 5.08. The van der Waals surface area contributed by atoms with Crippen LogP contribution in [0, 0.1) is 18.2 Å². The second-order valence-electron chi connectivity index (χ2n) is 5.45. The molecule has 0 unspecified atom stereocenters. The number of terminal acetylenes is 1. The number of halogens is 2. The second-order valence-corrected chi connectivity index (χ2v) is 7.88. The van der Waals surface area contributed by atoms with E-state index in [9.17, 15) is 9.18 Å². The van der Waals surface area contributed by atoms with E-state index in [2.05, 4.69) is 10.9 Å². The van der Waals surface area contributed by atoms with Crippen molar-refractivity contribution in [3.63, 3.8) is 0 Å². The van der Waals surface area contributed by atoms with Crippen molar-refractivity contribution in [3.8, 4) is 12.3 Å². The lowest BCUT2D eigenvalue weighted by molar-refractivity contribution is 0.100. The molecule has 0 spiro atoms. The van der Waals surface area contributed by atoms with E-state index in [1.807, 2.05) is 24.3 Å². The van der Waals surface area contributed by atoms with Crippen molar-refractivity contribution < 1.29 is 9.18 Å². The van der Waals surface area contributed by atoms with Crippen molar-refractivity contribution in [3.05, 3.63) is 63.0 Å². The summed E-state index contributed by atoms with van der Waals surface area (Å²) in [7, 11) is 0. The molecule has 2 aromatic carbocycles. The Labute approximate surface area is 161 Å². The highest BCUT2D eigenvalue weighted by atomic mass is 35.5. The summed E-state index contributed by atoms with van der Waals surface area (Å²) in [6.45, 7) is 0.234. The Hall–Kier alpha value is -2.46. The molecule has 128 valence electrons. The Morgan fingerprint density at radius 3 is 2.81 bits per heavy atom. The van der Waals surface area contributed by atoms with Crippen LogP contribution in [0.25, 0.3) is 20.3 Å². The molecular formula is C19H10ClFN2OS2. The van der Waals surface area contributed by atoms with E-state index in [4.69, 9.17) is 18.0 Å². The highest BCUT2D eigenvalue weighted by Crippen LogP contribution is 2.35. The van der Waals surface area contributed by atoms with E-state index in [-0.39, 0.29) is 12.4 Å². The number of carbonyl (C=O) groups is 1. The average Bonchev–Trinajstić information content (AvgIpc) is 3.13. The molecule has 0 N–H and O–H groups in total. The topological polar surface area (TPSA) is 34.4 Å². The maximum absolute atomic E-state index is 13.5. The van der Waals surface area contributed by atoms with Gasteiger partial charge in [-0.05, 0) is 24.3 Å². The van der Waals surface area contributed by atoms with Crippen LogP contribution in [0.5, 0.6) is 0 Å². The minimum Gasteiger partial charge on any atom is -0.305 e. The number of amides is 1. The molecule has 4 rings (SSSR count). The highest BCUT2D eigenvalue weighted by molar-refractivity contribution is 7.21. The molecular weight excluding hydrogens is 391 g/mol. The first-order valence-electron chi connectivity index (χ1n) is 7.57. The molecule has 3 nitrogen and oxygen atoms in total.